The maximum atomic E-state index is 5.80. The van der Waals surface area contributed by atoms with E-state index in [0.29, 0.717) is 5.92 Å². The molecule has 0 aliphatic carbocycles. The molecular formula is C14H23NO. The van der Waals surface area contributed by atoms with E-state index in [4.69, 9.17) is 10.5 Å². The molecule has 0 bridgehead atoms. The topological polar surface area (TPSA) is 35.2 Å². The van der Waals surface area contributed by atoms with Crippen LogP contribution in [0.25, 0.3) is 0 Å². The molecule has 0 aromatic heterocycles. The van der Waals surface area contributed by atoms with Gasteiger partial charge in [-0.25, -0.2) is 0 Å². The van der Waals surface area contributed by atoms with Crippen LogP contribution in [-0.2, 0) is 0 Å². The Morgan fingerprint density at radius 1 is 1.25 bits per heavy atom. The summed E-state index contributed by atoms with van der Waals surface area (Å²) in [6.45, 7) is 6.44. The molecule has 2 atom stereocenters. The Morgan fingerprint density at radius 3 is 2.50 bits per heavy atom. The van der Waals surface area contributed by atoms with Crippen LogP contribution in [0.1, 0.15) is 43.7 Å². The van der Waals surface area contributed by atoms with E-state index in [1.165, 1.54) is 11.1 Å². The molecular weight excluding hydrogens is 198 g/mol. The lowest BCUT2D eigenvalue weighted by Crippen LogP contribution is -2.15. The minimum atomic E-state index is 0.275. The van der Waals surface area contributed by atoms with Gasteiger partial charge in [-0.15, -0.1) is 0 Å². The molecule has 0 aliphatic heterocycles. The molecule has 1 aromatic rings. The number of benzene rings is 1. The average molecular weight is 221 g/mol. The van der Waals surface area contributed by atoms with E-state index in [9.17, 15) is 0 Å². The first kappa shape index (κ1) is 13.0. The van der Waals surface area contributed by atoms with Gasteiger partial charge in [0.15, 0.2) is 0 Å². The Balaban J connectivity index is 2.84. The van der Waals surface area contributed by atoms with Crippen molar-refractivity contribution < 1.29 is 4.74 Å². The maximum Gasteiger partial charge on any atom is 0.122 e. The summed E-state index contributed by atoms with van der Waals surface area (Å²) in [4.78, 5) is 0. The molecule has 0 saturated carbocycles. The fourth-order valence-corrected chi connectivity index (χ4v) is 2.12. The van der Waals surface area contributed by atoms with E-state index < -0.39 is 0 Å². The summed E-state index contributed by atoms with van der Waals surface area (Å²) in [5, 5.41) is 0. The van der Waals surface area contributed by atoms with Gasteiger partial charge in [0.05, 0.1) is 7.11 Å². The van der Waals surface area contributed by atoms with Crippen molar-refractivity contribution in [3.8, 4) is 5.75 Å². The number of nitrogens with two attached hydrogens (primary N) is 1. The summed E-state index contributed by atoms with van der Waals surface area (Å²) in [6.07, 6.45) is 2.16. The predicted molar refractivity (Wildman–Crippen MR) is 69.0 cm³/mol. The van der Waals surface area contributed by atoms with Crippen LogP contribution < -0.4 is 10.5 Å². The van der Waals surface area contributed by atoms with Crippen molar-refractivity contribution in [3.63, 3.8) is 0 Å². The Bertz CT molecular complexity index is 334. The van der Waals surface area contributed by atoms with E-state index in [0.717, 1.165) is 18.6 Å². The van der Waals surface area contributed by atoms with E-state index in [1.54, 1.807) is 7.11 Å². The third-order valence-electron chi connectivity index (χ3n) is 3.05. The molecule has 2 N–H and O–H groups in total. The number of ether oxygens (including phenoxy) is 1. The van der Waals surface area contributed by atoms with Crippen molar-refractivity contribution in [2.45, 2.75) is 45.6 Å². The lowest BCUT2D eigenvalue weighted by Gasteiger charge is -2.19. The van der Waals surface area contributed by atoms with Crippen LogP contribution in [0.15, 0.2) is 18.2 Å². The number of rotatable bonds is 5. The summed E-state index contributed by atoms with van der Waals surface area (Å²) in [5.74, 6) is 1.50. The second-order valence-corrected chi connectivity index (χ2v) is 4.65. The minimum absolute atomic E-state index is 0.275. The van der Waals surface area contributed by atoms with Gasteiger partial charge in [-0.3, -0.25) is 0 Å². The molecule has 2 nitrogen and oxygen atoms in total. The molecule has 1 rings (SSSR count). The van der Waals surface area contributed by atoms with E-state index in [-0.39, 0.29) is 6.04 Å². The van der Waals surface area contributed by atoms with Crippen LogP contribution in [0, 0.1) is 6.92 Å². The van der Waals surface area contributed by atoms with Gasteiger partial charge in [-0.05, 0) is 49.8 Å². The SMILES string of the molecule is COc1cccc(C)c1C(C)CCC(C)N. The quantitative estimate of drug-likeness (QED) is 0.828. The van der Waals surface area contributed by atoms with Gasteiger partial charge >= 0.3 is 0 Å². The van der Waals surface area contributed by atoms with Crippen molar-refractivity contribution >= 4 is 0 Å². The standard InChI is InChI=1S/C14H23NO/c1-10-6-5-7-13(16-4)14(10)11(2)8-9-12(3)15/h5-7,11-12H,8-9,15H2,1-4H3. The summed E-state index contributed by atoms with van der Waals surface area (Å²) in [7, 11) is 1.73. The monoisotopic (exact) mass is 221 g/mol. The summed E-state index contributed by atoms with van der Waals surface area (Å²) < 4.78 is 5.42. The average Bonchev–Trinajstić information content (AvgIpc) is 2.25. The van der Waals surface area contributed by atoms with Crippen molar-refractivity contribution in [2.75, 3.05) is 7.11 Å². The molecule has 16 heavy (non-hydrogen) atoms. The molecule has 0 aliphatic rings. The molecule has 2 heteroatoms. The first-order valence-corrected chi connectivity index (χ1v) is 5.95. The van der Waals surface area contributed by atoms with Crippen molar-refractivity contribution in [3.05, 3.63) is 29.3 Å². The smallest absolute Gasteiger partial charge is 0.122 e. The Hall–Kier alpha value is -1.02. The third-order valence-corrected chi connectivity index (χ3v) is 3.05. The van der Waals surface area contributed by atoms with Crippen molar-refractivity contribution in [2.24, 2.45) is 5.73 Å². The highest BCUT2D eigenvalue weighted by atomic mass is 16.5. The lowest BCUT2D eigenvalue weighted by molar-refractivity contribution is 0.403. The molecule has 0 spiro atoms. The van der Waals surface area contributed by atoms with Gasteiger partial charge in [0.2, 0.25) is 0 Å². The highest BCUT2D eigenvalue weighted by molar-refractivity contribution is 5.41. The van der Waals surface area contributed by atoms with Gasteiger partial charge in [0, 0.05) is 6.04 Å². The van der Waals surface area contributed by atoms with Crippen molar-refractivity contribution in [1.29, 1.82) is 0 Å². The van der Waals surface area contributed by atoms with Gasteiger partial charge in [0.1, 0.15) is 5.75 Å². The molecule has 0 radical (unpaired) electrons. The molecule has 0 amide bonds. The zero-order valence-electron chi connectivity index (χ0n) is 10.8. The highest BCUT2D eigenvalue weighted by Gasteiger charge is 2.14. The van der Waals surface area contributed by atoms with Gasteiger partial charge in [-0.2, -0.15) is 0 Å². The van der Waals surface area contributed by atoms with Gasteiger partial charge in [-0.1, -0.05) is 19.1 Å². The van der Waals surface area contributed by atoms with Crippen LogP contribution in [0.3, 0.4) is 0 Å². The zero-order valence-corrected chi connectivity index (χ0v) is 10.8. The number of methoxy groups -OCH3 is 1. The van der Waals surface area contributed by atoms with E-state index >= 15 is 0 Å². The molecule has 2 unspecified atom stereocenters. The number of aryl methyl sites for hydroxylation is 1. The van der Waals surface area contributed by atoms with E-state index in [1.807, 2.05) is 12.1 Å². The van der Waals surface area contributed by atoms with Crippen LogP contribution in [0.4, 0.5) is 0 Å². The molecule has 0 fully saturated rings. The second kappa shape index (κ2) is 5.90. The Morgan fingerprint density at radius 2 is 1.94 bits per heavy atom. The second-order valence-electron chi connectivity index (χ2n) is 4.65. The summed E-state index contributed by atoms with van der Waals surface area (Å²) in [6, 6.07) is 6.48. The fourth-order valence-electron chi connectivity index (χ4n) is 2.12. The molecule has 0 heterocycles. The van der Waals surface area contributed by atoms with Crippen LogP contribution in [0.2, 0.25) is 0 Å². The Labute approximate surface area is 98.8 Å². The third kappa shape index (κ3) is 3.24. The van der Waals surface area contributed by atoms with Crippen molar-refractivity contribution in [1.82, 2.24) is 0 Å². The molecule has 1 aromatic carbocycles. The summed E-state index contributed by atoms with van der Waals surface area (Å²) in [5.41, 5.74) is 8.42. The minimum Gasteiger partial charge on any atom is -0.496 e. The molecule has 0 saturated heterocycles. The fraction of sp³-hybridized carbons (Fsp3) is 0.571. The molecule has 90 valence electrons. The van der Waals surface area contributed by atoms with Gasteiger partial charge in [0.25, 0.3) is 0 Å². The summed E-state index contributed by atoms with van der Waals surface area (Å²) >= 11 is 0. The maximum absolute atomic E-state index is 5.80. The lowest BCUT2D eigenvalue weighted by atomic mass is 9.90. The first-order chi connectivity index (χ1) is 7.56. The first-order valence-electron chi connectivity index (χ1n) is 5.95. The number of hydrogen-bond donors (Lipinski definition) is 1. The van der Waals surface area contributed by atoms with Crippen LogP contribution in [0.5, 0.6) is 5.75 Å². The predicted octanol–water partition coefficient (Wildman–Crippen LogP) is 3.23. The van der Waals surface area contributed by atoms with Crippen LogP contribution in [-0.4, -0.2) is 13.2 Å². The van der Waals surface area contributed by atoms with Gasteiger partial charge < -0.3 is 10.5 Å². The largest absolute Gasteiger partial charge is 0.496 e. The Kier molecular flexibility index (Phi) is 4.81. The van der Waals surface area contributed by atoms with Crippen LogP contribution >= 0.6 is 0 Å². The zero-order chi connectivity index (χ0) is 12.1. The number of hydrogen-bond acceptors (Lipinski definition) is 2. The van der Waals surface area contributed by atoms with E-state index in [2.05, 4.69) is 26.8 Å². The normalized spacial score (nSPS) is 14.6. The highest BCUT2D eigenvalue weighted by Crippen LogP contribution is 2.32.